The first-order valence-electron chi connectivity index (χ1n) is 30.2. The SMILES string of the molecule is [2H]c1c([2H])c([2H])c2c(-c3c4c([2H])c([2H])c([2H])c([2H])c4c(-c4c([2H])c([2H])c5c([2H])c([2H])c([2H])c([2H])c5c4-c4c([2H])c([2H])c5c(oc6c([2H])c([2H])c7c([2H])c([2H])c([2H])c([2H])c7c65)c4[2H])c4c([2H])c([2H])c([2H])c([2H])c34)c([2H])c([2H])c([2H])c2c1[2H]. The van der Waals surface area contributed by atoms with E-state index < -0.39 is 290 Å². The number of rotatable bonds is 3. The summed E-state index contributed by atoms with van der Waals surface area (Å²) in [6.07, 6.45) is 0. The van der Waals surface area contributed by atoms with Crippen LogP contribution in [0.3, 0.4) is 0 Å². The summed E-state index contributed by atoms with van der Waals surface area (Å²) >= 11 is 0. The fraction of sp³-hybridized carbons (Fsp3) is 0. The highest BCUT2D eigenvalue weighted by molar-refractivity contribution is 6.26. The second kappa shape index (κ2) is 10.9. The summed E-state index contributed by atoms with van der Waals surface area (Å²) in [5.74, 6) is 0. The molecule has 0 aliphatic heterocycles. The Morgan fingerprint density at radius 3 is 1.51 bits per heavy atom. The second-order valence-electron chi connectivity index (χ2n) is 11.3. The van der Waals surface area contributed by atoms with E-state index in [1.54, 1.807) is 0 Å². The van der Waals surface area contributed by atoms with Crippen LogP contribution in [0, 0.1) is 0 Å². The third-order valence-electron chi connectivity index (χ3n) is 8.64. The van der Waals surface area contributed by atoms with E-state index in [9.17, 15) is 15.1 Å². The molecule has 0 atom stereocenters. The van der Waals surface area contributed by atoms with Gasteiger partial charge in [0.15, 0.2) is 0 Å². The lowest BCUT2D eigenvalue weighted by molar-refractivity contribution is 0.669. The van der Waals surface area contributed by atoms with Gasteiger partial charge in [-0.1, -0.05) is 163 Å². The lowest BCUT2D eigenvalue weighted by atomic mass is 9.82. The van der Waals surface area contributed by atoms with Crippen molar-refractivity contribution in [2.75, 3.05) is 0 Å². The van der Waals surface area contributed by atoms with Crippen molar-refractivity contribution in [3.63, 3.8) is 0 Å². The summed E-state index contributed by atoms with van der Waals surface area (Å²) < 4.78 is 281. The standard InChI is InChI=1S/C50H30O/c1-4-16-35-31(12-1)15-11-23-38(35)48-39-19-7-9-21-41(39)49(42-22-10-8-20-40(42)48)44-28-24-32-13-2-5-17-36(32)47(44)34-25-27-43-46(30-34)51-45-29-26-33-14-3-6-18-37(33)50(43)45/h1-30H/i1D,2D,3D,4D,5D,6D,7D,8D,9D,10D,11D,12D,13D,14D,15D,16D,17D,18D,19D,20D,21D,22D,23D,24D,25D,26D,27D,28D,29D,30D. The molecule has 0 aliphatic carbocycles. The number of hydrogen-bond acceptors (Lipinski definition) is 1. The van der Waals surface area contributed by atoms with Crippen LogP contribution < -0.4 is 0 Å². The molecule has 0 N–H and O–H groups in total. The molecule has 51 heavy (non-hydrogen) atoms. The van der Waals surface area contributed by atoms with Crippen molar-refractivity contribution in [2.45, 2.75) is 0 Å². The Labute approximate surface area is 336 Å². The quantitative estimate of drug-likeness (QED) is 0.170. The number of fused-ring (bicyclic) bond motifs is 9. The van der Waals surface area contributed by atoms with Gasteiger partial charge in [-0.3, -0.25) is 0 Å². The van der Waals surface area contributed by atoms with Gasteiger partial charge in [0, 0.05) is 10.8 Å². The van der Waals surface area contributed by atoms with E-state index in [2.05, 4.69) is 0 Å². The summed E-state index contributed by atoms with van der Waals surface area (Å²) in [5, 5.41) is -8.17. The zero-order valence-corrected chi connectivity index (χ0v) is 25.4. The highest BCUT2D eigenvalue weighted by Gasteiger charge is 2.22. The van der Waals surface area contributed by atoms with Crippen LogP contribution in [0.4, 0.5) is 0 Å². The van der Waals surface area contributed by atoms with Crippen molar-refractivity contribution < 1.29 is 45.5 Å². The minimum absolute atomic E-state index is 0.416. The number of furan rings is 1. The van der Waals surface area contributed by atoms with Gasteiger partial charge in [0.25, 0.3) is 0 Å². The fourth-order valence-electron chi connectivity index (χ4n) is 6.54. The highest BCUT2D eigenvalue weighted by atomic mass is 16.3. The summed E-state index contributed by atoms with van der Waals surface area (Å²) in [6.45, 7) is 0. The molecule has 0 radical (unpaired) electrons. The van der Waals surface area contributed by atoms with Crippen molar-refractivity contribution in [3.8, 4) is 33.4 Å². The predicted molar refractivity (Wildman–Crippen MR) is 218 cm³/mol. The molecular formula is C50H30O. The number of benzene rings is 10. The van der Waals surface area contributed by atoms with E-state index in [-0.39, 0.29) is 0 Å². The van der Waals surface area contributed by atoms with Crippen LogP contribution in [0.5, 0.6) is 0 Å². The van der Waals surface area contributed by atoms with Crippen molar-refractivity contribution >= 4 is 75.8 Å². The molecule has 0 bridgehead atoms. The molecule has 0 saturated carbocycles. The Morgan fingerprint density at radius 1 is 0.314 bits per heavy atom. The summed E-state index contributed by atoms with van der Waals surface area (Å²) in [6, 6.07) is -29.1. The molecule has 0 spiro atoms. The Bertz CT molecular complexity index is 4840. The summed E-state index contributed by atoms with van der Waals surface area (Å²) in [4.78, 5) is 0. The van der Waals surface area contributed by atoms with E-state index >= 15 is 0 Å². The third-order valence-corrected chi connectivity index (χ3v) is 8.64. The van der Waals surface area contributed by atoms with E-state index in [4.69, 9.17) is 30.5 Å². The van der Waals surface area contributed by atoms with E-state index in [0.717, 1.165) is 0 Å². The first-order valence-corrected chi connectivity index (χ1v) is 15.2. The van der Waals surface area contributed by atoms with Crippen LogP contribution in [-0.4, -0.2) is 0 Å². The second-order valence-corrected chi connectivity index (χ2v) is 11.3. The van der Waals surface area contributed by atoms with E-state index in [1.165, 1.54) is 0 Å². The average molecular weight is 677 g/mol. The average Bonchev–Trinajstić information content (AvgIpc) is 2.41. The zero-order valence-electron chi connectivity index (χ0n) is 55.4. The summed E-state index contributed by atoms with van der Waals surface area (Å²) in [5.41, 5.74) is -6.48. The molecular weight excluding hydrogens is 617 g/mol. The third kappa shape index (κ3) is 4.16. The molecule has 0 unspecified atom stereocenters. The van der Waals surface area contributed by atoms with Crippen molar-refractivity contribution in [3.05, 3.63) is 181 Å². The molecule has 1 heterocycles. The van der Waals surface area contributed by atoms with Gasteiger partial charge >= 0.3 is 0 Å². The van der Waals surface area contributed by atoms with Gasteiger partial charge in [0.1, 0.15) is 11.2 Å². The van der Waals surface area contributed by atoms with Crippen molar-refractivity contribution in [2.24, 2.45) is 0 Å². The molecule has 1 heteroatoms. The maximum Gasteiger partial charge on any atom is 0.136 e. The van der Waals surface area contributed by atoms with E-state index in [1.807, 2.05) is 0 Å². The molecule has 1 aromatic heterocycles. The van der Waals surface area contributed by atoms with Gasteiger partial charge in [-0.15, -0.1) is 0 Å². The van der Waals surface area contributed by atoms with Gasteiger partial charge in [0.2, 0.25) is 0 Å². The van der Waals surface area contributed by atoms with Gasteiger partial charge in [-0.05, 0) is 105 Å². The highest BCUT2D eigenvalue weighted by Crippen LogP contribution is 2.49. The van der Waals surface area contributed by atoms with E-state index in [0.29, 0.717) is 0 Å². The van der Waals surface area contributed by atoms with Crippen LogP contribution in [0.1, 0.15) is 41.1 Å². The Kier molecular flexibility index (Phi) is 2.50. The fourth-order valence-corrected chi connectivity index (χ4v) is 6.54. The van der Waals surface area contributed by atoms with Gasteiger partial charge in [0.05, 0.1) is 41.1 Å². The monoisotopic (exact) mass is 676 g/mol. The molecule has 0 amide bonds. The maximum absolute atomic E-state index is 9.97. The lowest BCUT2D eigenvalue weighted by Crippen LogP contribution is -1.94. The Hall–Kier alpha value is -6.70. The Balaban J connectivity index is 1.50. The van der Waals surface area contributed by atoms with Gasteiger partial charge in [-0.25, -0.2) is 0 Å². The first kappa shape index (κ1) is 11.7. The maximum atomic E-state index is 9.97. The molecule has 11 aromatic rings. The largest absolute Gasteiger partial charge is 0.456 e. The molecule has 0 saturated heterocycles. The zero-order chi connectivity index (χ0) is 59.6. The van der Waals surface area contributed by atoms with Crippen LogP contribution >= 0.6 is 0 Å². The lowest BCUT2D eigenvalue weighted by Gasteiger charge is -2.21. The molecule has 11 rings (SSSR count). The minimum atomic E-state index is -1.14. The van der Waals surface area contributed by atoms with Crippen molar-refractivity contribution in [1.29, 1.82) is 0 Å². The molecule has 10 aromatic carbocycles. The van der Waals surface area contributed by atoms with Crippen molar-refractivity contribution in [1.82, 2.24) is 0 Å². The minimum Gasteiger partial charge on any atom is -0.456 e. The van der Waals surface area contributed by atoms with Crippen LogP contribution in [0.15, 0.2) is 186 Å². The topological polar surface area (TPSA) is 13.1 Å². The Morgan fingerprint density at radius 2 is 0.824 bits per heavy atom. The summed E-state index contributed by atoms with van der Waals surface area (Å²) in [7, 11) is 0. The van der Waals surface area contributed by atoms with Gasteiger partial charge < -0.3 is 4.42 Å². The van der Waals surface area contributed by atoms with Crippen LogP contribution in [-0.2, 0) is 0 Å². The van der Waals surface area contributed by atoms with Crippen LogP contribution in [0.2, 0.25) is 0 Å². The molecule has 236 valence electrons. The molecule has 0 aliphatic rings. The molecule has 1 nitrogen and oxygen atoms in total. The smallest absolute Gasteiger partial charge is 0.136 e. The normalized spacial score (nSPS) is 20.2. The first-order chi connectivity index (χ1) is 37.8. The number of hydrogen-bond donors (Lipinski definition) is 0. The molecule has 0 fully saturated rings. The predicted octanol–water partition coefficient (Wildman–Crippen LogP) is 14.4. The van der Waals surface area contributed by atoms with Gasteiger partial charge in [-0.2, -0.15) is 0 Å². The van der Waals surface area contributed by atoms with Crippen LogP contribution in [0.25, 0.3) is 109 Å².